The second-order valence-corrected chi connectivity index (χ2v) is 6.38. The zero-order valence-corrected chi connectivity index (χ0v) is 16.3. The van der Waals surface area contributed by atoms with Crippen molar-refractivity contribution in [2.45, 2.75) is 19.9 Å². The van der Waals surface area contributed by atoms with Crippen molar-refractivity contribution in [1.82, 2.24) is 0 Å². The summed E-state index contributed by atoms with van der Waals surface area (Å²) in [4.78, 5) is 0. The molecule has 0 saturated carbocycles. The summed E-state index contributed by atoms with van der Waals surface area (Å²) in [6.07, 6.45) is 1.01. The van der Waals surface area contributed by atoms with E-state index in [1.165, 1.54) is 0 Å². The lowest BCUT2D eigenvalue weighted by Crippen LogP contribution is -2.09. The van der Waals surface area contributed by atoms with E-state index in [-0.39, 0.29) is 0 Å². The Kier molecular flexibility index (Phi) is 7.62. The minimum atomic E-state index is 0.505. The molecule has 0 bridgehead atoms. The summed E-state index contributed by atoms with van der Waals surface area (Å²) >= 11 is 0. The van der Waals surface area contributed by atoms with Crippen LogP contribution >= 0.6 is 0 Å². The van der Waals surface area contributed by atoms with Gasteiger partial charge < -0.3 is 19.5 Å². The molecule has 0 aliphatic carbocycles. The summed E-state index contributed by atoms with van der Waals surface area (Å²) in [6, 6.07) is 25.9. The van der Waals surface area contributed by atoms with Gasteiger partial charge in [0.25, 0.3) is 0 Å². The summed E-state index contributed by atoms with van der Waals surface area (Å²) in [7, 11) is 0. The van der Waals surface area contributed by atoms with Crippen LogP contribution in [0.2, 0.25) is 0 Å². The molecule has 0 aliphatic rings. The van der Waals surface area contributed by atoms with Gasteiger partial charge >= 0.3 is 0 Å². The monoisotopic (exact) mass is 377 g/mol. The maximum absolute atomic E-state index is 5.80. The Morgan fingerprint density at radius 3 is 2.04 bits per heavy atom. The first-order valence-electron chi connectivity index (χ1n) is 9.70. The second-order valence-electron chi connectivity index (χ2n) is 6.38. The Morgan fingerprint density at radius 2 is 1.29 bits per heavy atom. The van der Waals surface area contributed by atoms with Gasteiger partial charge in [0.1, 0.15) is 30.5 Å². The highest BCUT2D eigenvalue weighted by Crippen LogP contribution is 2.18. The number of para-hydroxylation sites is 1. The zero-order valence-electron chi connectivity index (χ0n) is 16.3. The maximum Gasteiger partial charge on any atom is 0.122 e. The average Bonchev–Trinajstić information content (AvgIpc) is 2.76. The first-order valence-corrected chi connectivity index (χ1v) is 9.70. The SMILES string of the molecule is CCCOc1ccc(NCc2cccc(OCCOc3ccccc3)c2)cc1. The third kappa shape index (κ3) is 6.54. The molecule has 0 fully saturated rings. The van der Waals surface area contributed by atoms with E-state index in [1.54, 1.807) is 0 Å². The van der Waals surface area contributed by atoms with Crippen LogP contribution in [0.1, 0.15) is 18.9 Å². The Labute approximate surface area is 167 Å². The summed E-state index contributed by atoms with van der Waals surface area (Å²) in [5.74, 6) is 2.61. The fourth-order valence-electron chi connectivity index (χ4n) is 2.67. The van der Waals surface area contributed by atoms with Crippen molar-refractivity contribution in [3.05, 3.63) is 84.4 Å². The van der Waals surface area contributed by atoms with Crippen molar-refractivity contribution in [3.8, 4) is 17.2 Å². The van der Waals surface area contributed by atoms with Gasteiger partial charge in [0, 0.05) is 12.2 Å². The van der Waals surface area contributed by atoms with Crippen LogP contribution in [-0.2, 0) is 6.54 Å². The lowest BCUT2D eigenvalue weighted by molar-refractivity contribution is 0.217. The Hall–Kier alpha value is -3.14. The minimum Gasteiger partial charge on any atom is -0.494 e. The van der Waals surface area contributed by atoms with Crippen LogP contribution in [0.5, 0.6) is 17.2 Å². The van der Waals surface area contributed by atoms with Gasteiger partial charge in [-0.15, -0.1) is 0 Å². The first-order chi connectivity index (χ1) is 13.8. The molecule has 0 unspecified atom stereocenters. The van der Waals surface area contributed by atoms with E-state index in [1.807, 2.05) is 72.8 Å². The highest BCUT2D eigenvalue weighted by Gasteiger charge is 2.00. The number of benzene rings is 3. The molecule has 0 aromatic heterocycles. The molecular weight excluding hydrogens is 350 g/mol. The second kappa shape index (κ2) is 10.9. The molecule has 4 nitrogen and oxygen atoms in total. The fraction of sp³-hybridized carbons (Fsp3) is 0.250. The summed E-state index contributed by atoms with van der Waals surface area (Å²) in [5, 5.41) is 3.42. The fourth-order valence-corrected chi connectivity index (χ4v) is 2.67. The molecular formula is C24H27NO3. The molecule has 3 aromatic rings. The van der Waals surface area contributed by atoms with Crippen molar-refractivity contribution >= 4 is 5.69 Å². The topological polar surface area (TPSA) is 39.7 Å². The number of nitrogens with one attached hydrogen (secondary N) is 1. The number of rotatable bonds is 11. The van der Waals surface area contributed by atoms with Gasteiger partial charge in [-0.25, -0.2) is 0 Å². The van der Waals surface area contributed by atoms with Gasteiger partial charge in [0.15, 0.2) is 0 Å². The minimum absolute atomic E-state index is 0.505. The van der Waals surface area contributed by atoms with Crippen molar-refractivity contribution in [2.75, 3.05) is 25.1 Å². The summed E-state index contributed by atoms with van der Waals surface area (Å²) in [6.45, 7) is 4.59. The van der Waals surface area contributed by atoms with Gasteiger partial charge in [-0.3, -0.25) is 0 Å². The largest absolute Gasteiger partial charge is 0.494 e. The summed E-state index contributed by atoms with van der Waals surface area (Å²) in [5.41, 5.74) is 2.22. The van der Waals surface area contributed by atoms with E-state index in [0.717, 1.165) is 48.1 Å². The predicted molar refractivity (Wildman–Crippen MR) is 113 cm³/mol. The van der Waals surface area contributed by atoms with Crippen molar-refractivity contribution in [3.63, 3.8) is 0 Å². The van der Waals surface area contributed by atoms with E-state index < -0.39 is 0 Å². The molecule has 0 saturated heterocycles. The highest BCUT2D eigenvalue weighted by molar-refractivity contribution is 5.47. The zero-order chi connectivity index (χ0) is 19.4. The van der Waals surface area contributed by atoms with Crippen LogP contribution < -0.4 is 19.5 Å². The van der Waals surface area contributed by atoms with Crippen molar-refractivity contribution in [1.29, 1.82) is 0 Å². The van der Waals surface area contributed by atoms with Crippen LogP contribution in [0, 0.1) is 0 Å². The van der Waals surface area contributed by atoms with E-state index >= 15 is 0 Å². The molecule has 0 radical (unpaired) electrons. The van der Waals surface area contributed by atoms with Crippen LogP contribution in [0.3, 0.4) is 0 Å². The number of hydrogen-bond donors (Lipinski definition) is 1. The van der Waals surface area contributed by atoms with Crippen molar-refractivity contribution in [2.24, 2.45) is 0 Å². The molecule has 0 spiro atoms. The Bertz CT molecular complexity index is 819. The number of anilines is 1. The normalized spacial score (nSPS) is 10.3. The van der Waals surface area contributed by atoms with Gasteiger partial charge in [0.05, 0.1) is 6.61 Å². The lowest BCUT2D eigenvalue weighted by Gasteiger charge is -2.11. The van der Waals surface area contributed by atoms with E-state index in [0.29, 0.717) is 13.2 Å². The Morgan fingerprint density at radius 1 is 0.643 bits per heavy atom. The van der Waals surface area contributed by atoms with Gasteiger partial charge in [-0.2, -0.15) is 0 Å². The number of hydrogen-bond acceptors (Lipinski definition) is 4. The van der Waals surface area contributed by atoms with Gasteiger partial charge in [0.2, 0.25) is 0 Å². The summed E-state index contributed by atoms with van der Waals surface area (Å²) < 4.78 is 17.1. The Balaban J connectivity index is 1.42. The molecule has 28 heavy (non-hydrogen) atoms. The molecule has 0 atom stereocenters. The highest BCUT2D eigenvalue weighted by atomic mass is 16.5. The third-order valence-corrected chi connectivity index (χ3v) is 4.09. The molecule has 146 valence electrons. The molecule has 0 amide bonds. The molecule has 4 heteroatoms. The lowest BCUT2D eigenvalue weighted by atomic mass is 10.2. The van der Waals surface area contributed by atoms with Crippen LogP contribution in [0.15, 0.2) is 78.9 Å². The van der Waals surface area contributed by atoms with Crippen LogP contribution in [-0.4, -0.2) is 19.8 Å². The van der Waals surface area contributed by atoms with Crippen molar-refractivity contribution < 1.29 is 14.2 Å². The molecule has 3 rings (SSSR count). The number of ether oxygens (including phenoxy) is 3. The molecule has 0 heterocycles. The smallest absolute Gasteiger partial charge is 0.122 e. The van der Waals surface area contributed by atoms with E-state index in [2.05, 4.69) is 18.3 Å². The maximum atomic E-state index is 5.80. The van der Waals surface area contributed by atoms with Crippen LogP contribution in [0.25, 0.3) is 0 Å². The predicted octanol–water partition coefficient (Wildman–Crippen LogP) is 5.55. The molecule has 1 N–H and O–H groups in total. The first kappa shape index (κ1) is 19.6. The van der Waals surface area contributed by atoms with E-state index in [9.17, 15) is 0 Å². The third-order valence-electron chi connectivity index (χ3n) is 4.09. The molecule has 0 aliphatic heterocycles. The average molecular weight is 377 g/mol. The molecule has 3 aromatic carbocycles. The van der Waals surface area contributed by atoms with Crippen LogP contribution in [0.4, 0.5) is 5.69 Å². The quantitative estimate of drug-likeness (QED) is 0.445. The van der Waals surface area contributed by atoms with E-state index in [4.69, 9.17) is 14.2 Å². The standard InChI is InChI=1S/C24H27NO3/c1-2-15-26-23-13-11-21(12-14-23)25-19-20-7-6-10-24(18-20)28-17-16-27-22-8-4-3-5-9-22/h3-14,18,25H,2,15-17,19H2,1H3. The van der Waals surface area contributed by atoms with Gasteiger partial charge in [-0.1, -0.05) is 37.3 Å². The van der Waals surface area contributed by atoms with Gasteiger partial charge in [-0.05, 0) is 60.5 Å².